The second kappa shape index (κ2) is 8.94. The first kappa shape index (κ1) is 22.3. The van der Waals surface area contributed by atoms with E-state index in [2.05, 4.69) is 6.07 Å². The zero-order valence-corrected chi connectivity index (χ0v) is 18.3. The predicted molar refractivity (Wildman–Crippen MR) is 119 cm³/mol. The number of furan rings is 1. The largest absolute Gasteiger partial charge is 0.465 e. The van der Waals surface area contributed by atoms with Gasteiger partial charge >= 0.3 is 6.09 Å². The van der Waals surface area contributed by atoms with E-state index in [1.165, 1.54) is 17.0 Å². The molecule has 1 fully saturated rings. The van der Waals surface area contributed by atoms with Crippen LogP contribution in [0.25, 0.3) is 11.0 Å². The topological polar surface area (TPSA) is 97.8 Å². The standard InChI is InChI=1S/C25H24FN3O4/c1-28(16-19-13-17(15-27)12-18-6-11-33-23(18)19)22(30)14-25(20-2-4-21(26)5-3-20)7-9-29(10-8-25)24(31)32/h2-6,11-13H,7-10,14,16H2,1H3,(H,31,32). The van der Waals surface area contributed by atoms with Crippen LogP contribution in [0.2, 0.25) is 0 Å². The van der Waals surface area contributed by atoms with Crippen molar-refractivity contribution in [2.45, 2.75) is 31.2 Å². The normalized spacial score (nSPS) is 15.2. The van der Waals surface area contributed by atoms with E-state index in [0.29, 0.717) is 37.1 Å². The Balaban J connectivity index is 1.57. The van der Waals surface area contributed by atoms with Gasteiger partial charge in [0.25, 0.3) is 0 Å². The van der Waals surface area contributed by atoms with Crippen LogP contribution in [-0.4, -0.2) is 47.0 Å². The highest BCUT2D eigenvalue weighted by Gasteiger charge is 2.40. The van der Waals surface area contributed by atoms with Crippen LogP contribution in [0.4, 0.5) is 9.18 Å². The minimum atomic E-state index is -0.981. The molecular weight excluding hydrogens is 425 g/mol. The van der Waals surface area contributed by atoms with E-state index < -0.39 is 11.5 Å². The summed E-state index contributed by atoms with van der Waals surface area (Å²) >= 11 is 0. The Kier molecular flexibility index (Phi) is 6.05. The van der Waals surface area contributed by atoms with Gasteiger partial charge in [-0.3, -0.25) is 4.79 Å². The van der Waals surface area contributed by atoms with Crippen molar-refractivity contribution < 1.29 is 23.5 Å². The summed E-state index contributed by atoms with van der Waals surface area (Å²) in [6.07, 6.45) is 1.68. The van der Waals surface area contributed by atoms with Gasteiger partial charge in [0, 0.05) is 49.5 Å². The molecule has 170 valence electrons. The smallest absolute Gasteiger partial charge is 0.407 e. The number of nitriles is 1. The van der Waals surface area contributed by atoms with Crippen LogP contribution >= 0.6 is 0 Å². The van der Waals surface area contributed by atoms with Crippen LogP contribution < -0.4 is 0 Å². The summed E-state index contributed by atoms with van der Waals surface area (Å²) in [4.78, 5) is 27.7. The molecule has 2 aromatic carbocycles. The average Bonchev–Trinajstić information content (AvgIpc) is 3.28. The van der Waals surface area contributed by atoms with Gasteiger partial charge in [-0.15, -0.1) is 0 Å². The monoisotopic (exact) mass is 449 g/mol. The number of piperidine rings is 1. The van der Waals surface area contributed by atoms with Crippen LogP contribution in [0.5, 0.6) is 0 Å². The van der Waals surface area contributed by atoms with Crippen LogP contribution in [-0.2, 0) is 16.8 Å². The van der Waals surface area contributed by atoms with Crippen LogP contribution in [0.3, 0.4) is 0 Å². The number of rotatable bonds is 5. The first-order valence-corrected chi connectivity index (χ1v) is 10.7. The third-order valence-corrected chi connectivity index (χ3v) is 6.53. The summed E-state index contributed by atoms with van der Waals surface area (Å²) in [5.41, 5.74) is 2.11. The molecule has 0 radical (unpaired) electrons. The number of carboxylic acid groups (broad SMARTS) is 1. The lowest BCUT2D eigenvalue weighted by molar-refractivity contribution is -0.132. The lowest BCUT2D eigenvalue weighted by atomic mass is 9.70. The summed E-state index contributed by atoms with van der Waals surface area (Å²) in [7, 11) is 1.70. The average molecular weight is 449 g/mol. The molecule has 0 spiro atoms. The molecule has 1 aromatic heterocycles. The molecule has 0 saturated carbocycles. The Labute approximate surface area is 190 Å². The van der Waals surface area contributed by atoms with E-state index in [-0.39, 0.29) is 24.7 Å². The van der Waals surface area contributed by atoms with E-state index in [0.717, 1.165) is 16.5 Å². The van der Waals surface area contributed by atoms with Crippen molar-refractivity contribution in [1.29, 1.82) is 5.26 Å². The molecule has 1 aliphatic heterocycles. The van der Waals surface area contributed by atoms with Gasteiger partial charge in [-0.05, 0) is 48.7 Å². The Bertz CT molecular complexity index is 1220. The first-order chi connectivity index (χ1) is 15.8. The zero-order valence-electron chi connectivity index (χ0n) is 18.3. The predicted octanol–water partition coefficient (Wildman–Crippen LogP) is 4.50. The molecule has 33 heavy (non-hydrogen) atoms. The number of fused-ring (bicyclic) bond motifs is 1. The van der Waals surface area contributed by atoms with E-state index >= 15 is 0 Å². The van der Waals surface area contributed by atoms with E-state index in [9.17, 15) is 24.3 Å². The van der Waals surface area contributed by atoms with E-state index in [1.807, 2.05) is 0 Å². The minimum Gasteiger partial charge on any atom is -0.465 e. The molecule has 0 atom stereocenters. The molecule has 0 unspecified atom stereocenters. The maximum Gasteiger partial charge on any atom is 0.407 e. The third kappa shape index (κ3) is 4.53. The maximum atomic E-state index is 13.5. The quantitative estimate of drug-likeness (QED) is 0.618. The summed E-state index contributed by atoms with van der Waals surface area (Å²) in [6, 6.07) is 13.5. The molecule has 7 nitrogen and oxygen atoms in total. The molecule has 1 saturated heterocycles. The van der Waals surface area contributed by atoms with Crippen molar-refractivity contribution in [2.24, 2.45) is 0 Å². The number of hydrogen-bond donors (Lipinski definition) is 1. The third-order valence-electron chi connectivity index (χ3n) is 6.53. The molecule has 4 rings (SSSR count). The molecule has 8 heteroatoms. The van der Waals surface area contributed by atoms with Gasteiger partial charge < -0.3 is 19.3 Å². The summed E-state index contributed by atoms with van der Waals surface area (Å²) < 4.78 is 19.1. The number of hydrogen-bond acceptors (Lipinski definition) is 4. The first-order valence-electron chi connectivity index (χ1n) is 10.7. The van der Waals surface area contributed by atoms with Gasteiger partial charge in [0.1, 0.15) is 11.4 Å². The molecule has 1 aliphatic rings. The molecule has 2 amide bonds. The molecule has 3 aromatic rings. The maximum absolute atomic E-state index is 13.5. The molecular formula is C25H24FN3O4. The van der Waals surface area contributed by atoms with Crippen molar-refractivity contribution in [1.82, 2.24) is 9.80 Å². The van der Waals surface area contributed by atoms with Crippen molar-refractivity contribution in [3.05, 3.63) is 71.2 Å². The Morgan fingerprint density at radius 3 is 2.55 bits per heavy atom. The molecule has 2 heterocycles. The van der Waals surface area contributed by atoms with Gasteiger partial charge in [0.2, 0.25) is 5.91 Å². The van der Waals surface area contributed by atoms with Gasteiger partial charge in [-0.2, -0.15) is 5.26 Å². The van der Waals surface area contributed by atoms with Crippen LogP contribution in [0.1, 0.15) is 36.0 Å². The van der Waals surface area contributed by atoms with Crippen LogP contribution in [0, 0.1) is 17.1 Å². The number of carbonyl (C=O) groups is 2. The number of likely N-dealkylation sites (tertiary alicyclic amines) is 1. The van der Waals surface area contributed by atoms with Crippen molar-refractivity contribution in [2.75, 3.05) is 20.1 Å². The summed E-state index contributed by atoms with van der Waals surface area (Å²) in [5.74, 6) is -0.481. The second-order valence-electron chi connectivity index (χ2n) is 8.57. The Hall–Kier alpha value is -3.86. The number of amides is 2. The molecule has 0 aliphatic carbocycles. The molecule has 0 bridgehead atoms. The van der Waals surface area contributed by atoms with E-state index in [4.69, 9.17) is 4.42 Å². The number of carbonyl (C=O) groups excluding carboxylic acids is 1. The van der Waals surface area contributed by atoms with Gasteiger partial charge in [0.05, 0.1) is 17.9 Å². The lowest BCUT2D eigenvalue weighted by Gasteiger charge is -2.41. The summed E-state index contributed by atoms with van der Waals surface area (Å²) in [5, 5.41) is 19.5. The highest BCUT2D eigenvalue weighted by molar-refractivity contribution is 5.83. The fourth-order valence-electron chi connectivity index (χ4n) is 4.60. The van der Waals surface area contributed by atoms with Crippen molar-refractivity contribution >= 4 is 23.0 Å². The van der Waals surface area contributed by atoms with E-state index in [1.54, 1.807) is 48.5 Å². The fraction of sp³-hybridized carbons (Fsp3) is 0.320. The van der Waals surface area contributed by atoms with Gasteiger partial charge in [0.15, 0.2) is 0 Å². The van der Waals surface area contributed by atoms with Crippen molar-refractivity contribution in [3.63, 3.8) is 0 Å². The fourth-order valence-corrected chi connectivity index (χ4v) is 4.60. The summed E-state index contributed by atoms with van der Waals surface area (Å²) in [6.45, 7) is 0.876. The van der Waals surface area contributed by atoms with Gasteiger partial charge in [-0.1, -0.05) is 12.1 Å². The number of halogens is 1. The zero-order chi connectivity index (χ0) is 23.6. The second-order valence-corrected chi connectivity index (χ2v) is 8.57. The van der Waals surface area contributed by atoms with Gasteiger partial charge in [-0.25, -0.2) is 9.18 Å². The van der Waals surface area contributed by atoms with Crippen LogP contribution in [0.15, 0.2) is 53.1 Å². The van der Waals surface area contributed by atoms with Crippen molar-refractivity contribution in [3.8, 4) is 6.07 Å². The minimum absolute atomic E-state index is 0.120. The lowest BCUT2D eigenvalue weighted by Crippen LogP contribution is -2.47. The highest BCUT2D eigenvalue weighted by Crippen LogP contribution is 2.39. The highest BCUT2D eigenvalue weighted by atomic mass is 19.1. The molecule has 1 N–H and O–H groups in total. The Morgan fingerprint density at radius 1 is 1.21 bits per heavy atom. The SMILES string of the molecule is CN(Cc1cc(C#N)cc2ccoc12)C(=O)CC1(c2ccc(F)cc2)CCN(C(=O)O)CC1. The Morgan fingerprint density at radius 2 is 1.91 bits per heavy atom. The number of nitrogens with zero attached hydrogens (tertiary/aromatic N) is 3. The number of benzene rings is 2.